The van der Waals surface area contributed by atoms with Crippen molar-refractivity contribution in [2.24, 2.45) is 5.92 Å². The molecular formula is C20H27N3O4S. The van der Waals surface area contributed by atoms with Crippen LogP contribution in [0.4, 0.5) is 5.69 Å². The molecule has 1 aromatic heterocycles. The number of nitrogens with zero attached hydrogens (tertiary/aromatic N) is 2. The summed E-state index contributed by atoms with van der Waals surface area (Å²) in [6.07, 6.45) is 0.969. The molecule has 7 nitrogen and oxygen atoms in total. The fourth-order valence-electron chi connectivity index (χ4n) is 3.55. The second kappa shape index (κ2) is 8.05. The number of nitrogens with one attached hydrogen (secondary N) is 1. The third-order valence-electron chi connectivity index (χ3n) is 5.21. The van der Waals surface area contributed by atoms with Gasteiger partial charge in [-0.25, -0.2) is 8.42 Å². The minimum absolute atomic E-state index is 0.0599. The highest BCUT2D eigenvalue weighted by atomic mass is 32.2. The van der Waals surface area contributed by atoms with Crippen LogP contribution in [-0.2, 0) is 14.8 Å². The summed E-state index contributed by atoms with van der Waals surface area (Å²) in [5.41, 5.74) is 2.31. The molecule has 152 valence electrons. The Hall–Kier alpha value is -2.19. The number of rotatable bonds is 5. The molecule has 1 amide bonds. The van der Waals surface area contributed by atoms with Crippen molar-refractivity contribution in [3.8, 4) is 0 Å². The smallest absolute Gasteiger partial charge is 0.248 e. The van der Waals surface area contributed by atoms with Gasteiger partial charge in [0.1, 0.15) is 10.6 Å². The third kappa shape index (κ3) is 4.12. The molecule has 3 rings (SSSR count). The first kappa shape index (κ1) is 20.5. The van der Waals surface area contributed by atoms with Gasteiger partial charge in [0.25, 0.3) is 0 Å². The van der Waals surface area contributed by atoms with Crippen molar-refractivity contribution >= 4 is 21.6 Å². The standard InChI is InChI=1S/C20H27N3O4S/c1-13(2)17-6-5-7-18(12-17)21-20(24)16-8-10-23(11-9-16)28(25,26)19-14(3)22-27-15(19)4/h5-7,12-13,16H,8-11H2,1-4H3,(H,21,24). The molecule has 0 aliphatic carbocycles. The number of benzene rings is 1. The van der Waals surface area contributed by atoms with Crippen molar-refractivity contribution < 1.29 is 17.7 Å². The van der Waals surface area contributed by atoms with Crippen LogP contribution < -0.4 is 5.32 Å². The van der Waals surface area contributed by atoms with Crippen molar-refractivity contribution in [3.05, 3.63) is 41.3 Å². The first-order valence-corrected chi connectivity index (χ1v) is 11.0. The van der Waals surface area contributed by atoms with E-state index in [1.54, 1.807) is 13.8 Å². The van der Waals surface area contributed by atoms with Gasteiger partial charge in [-0.2, -0.15) is 4.31 Å². The molecule has 1 aliphatic heterocycles. The molecule has 0 unspecified atom stereocenters. The number of aryl methyl sites for hydroxylation is 2. The number of amides is 1. The molecule has 2 heterocycles. The first-order valence-electron chi connectivity index (χ1n) is 9.54. The molecule has 0 radical (unpaired) electrons. The number of piperidine rings is 1. The zero-order valence-electron chi connectivity index (χ0n) is 16.7. The van der Waals surface area contributed by atoms with Gasteiger partial charge in [-0.15, -0.1) is 0 Å². The van der Waals surface area contributed by atoms with E-state index in [0.29, 0.717) is 43.3 Å². The average molecular weight is 406 g/mol. The molecule has 1 N–H and O–H groups in total. The van der Waals surface area contributed by atoms with Crippen LogP contribution >= 0.6 is 0 Å². The van der Waals surface area contributed by atoms with Gasteiger partial charge >= 0.3 is 0 Å². The third-order valence-corrected chi connectivity index (χ3v) is 7.36. The van der Waals surface area contributed by atoms with Crippen LogP contribution in [0.15, 0.2) is 33.7 Å². The van der Waals surface area contributed by atoms with E-state index in [2.05, 4.69) is 24.3 Å². The van der Waals surface area contributed by atoms with Crippen LogP contribution in [-0.4, -0.2) is 36.9 Å². The second-order valence-electron chi connectivity index (χ2n) is 7.60. The highest BCUT2D eigenvalue weighted by molar-refractivity contribution is 7.89. The summed E-state index contributed by atoms with van der Waals surface area (Å²) in [5, 5.41) is 6.72. The molecule has 1 aliphatic rings. The summed E-state index contributed by atoms with van der Waals surface area (Å²) in [4.78, 5) is 12.8. The Balaban J connectivity index is 1.64. The Morgan fingerprint density at radius 2 is 1.93 bits per heavy atom. The Morgan fingerprint density at radius 1 is 1.25 bits per heavy atom. The number of hydrogen-bond donors (Lipinski definition) is 1. The summed E-state index contributed by atoms with van der Waals surface area (Å²) in [6, 6.07) is 7.84. The topological polar surface area (TPSA) is 92.5 Å². The molecule has 2 aromatic rings. The molecule has 1 saturated heterocycles. The maximum atomic E-state index is 12.9. The second-order valence-corrected chi connectivity index (χ2v) is 9.48. The quantitative estimate of drug-likeness (QED) is 0.822. The van der Waals surface area contributed by atoms with E-state index in [1.807, 2.05) is 24.3 Å². The van der Waals surface area contributed by atoms with Gasteiger partial charge in [-0.3, -0.25) is 4.79 Å². The van der Waals surface area contributed by atoms with Crippen LogP contribution in [0.5, 0.6) is 0 Å². The highest BCUT2D eigenvalue weighted by Crippen LogP contribution is 2.28. The summed E-state index contributed by atoms with van der Waals surface area (Å²) < 4.78 is 32.2. The number of sulfonamides is 1. The lowest BCUT2D eigenvalue weighted by atomic mass is 9.97. The van der Waals surface area contributed by atoms with Crippen molar-refractivity contribution in [2.75, 3.05) is 18.4 Å². The average Bonchev–Trinajstić information content (AvgIpc) is 3.01. The molecule has 0 bridgehead atoms. The van der Waals surface area contributed by atoms with Gasteiger partial charge in [0.15, 0.2) is 5.76 Å². The van der Waals surface area contributed by atoms with E-state index in [9.17, 15) is 13.2 Å². The fraction of sp³-hybridized carbons (Fsp3) is 0.500. The Morgan fingerprint density at radius 3 is 2.50 bits per heavy atom. The maximum absolute atomic E-state index is 12.9. The van der Waals surface area contributed by atoms with E-state index >= 15 is 0 Å². The van der Waals surface area contributed by atoms with Crippen molar-refractivity contribution in [1.29, 1.82) is 0 Å². The van der Waals surface area contributed by atoms with E-state index in [4.69, 9.17) is 4.52 Å². The van der Waals surface area contributed by atoms with Gasteiger partial charge in [-0.05, 0) is 50.3 Å². The van der Waals surface area contributed by atoms with Crippen LogP contribution in [0.2, 0.25) is 0 Å². The van der Waals surface area contributed by atoms with Gasteiger partial charge in [0, 0.05) is 24.7 Å². The molecule has 0 spiro atoms. The Kier molecular flexibility index (Phi) is 5.90. The lowest BCUT2D eigenvalue weighted by Gasteiger charge is -2.30. The number of aromatic nitrogens is 1. The number of carbonyl (C=O) groups is 1. The molecule has 0 saturated carbocycles. The largest absolute Gasteiger partial charge is 0.360 e. The minimum atomic E-state index is -3.66. The van der Waals surface area contributed by atoms with Crippen LogP contribution in [0.3, 0.4) is 0 Å². The van der Waals surface area contributed by atoms with E-state index < -0.39 is 10.0 Å². The van der Waals surface area contributed by atoms with Crippen molar-refractivity contribution in [1.82, 2.24) is 9.46 Å². The molecular weight excluding hydrogens is 378 g/mol. The fourth-order valence-corrected chi connectivity index (χ4v) is 5.31. The van der Waals surface area contributed by atoms with E-state index in [-0.39, 0.29) is 16.7 Å². The van der Waals surface area contributed by atoms with Gasteiger partial charge in [-0.1, -0.05) is 31.1 Å². The van der Waals surface area contributed by atoms with E-state index in [1.165, 1.54) is 4.31 Å². The maximum Gasteiger partial charge on any atom is 0.248 e. The normalized spacial score (nSPS) is 16.5. The van der Waals surface area contributed by atoms with Crippen LogP contribution in [0, 0.1) is 19.8 Å². The van der Waals surface area contributed by atoms with Crippen molar-refractivity contribution in [2.45, 2.75) is 51.3 Å². The minimum Gasteiger partial charge on any atom is -0.360 e. The monoisotopic (exact) mass is 405 g/mol. The Bertz CT molecular complexity index is 938. The van der Waals surface area contributed by atoms with Crippen molar-refractivity contribution in [3.63, 3.8) is 0 Å². The van der Waals surface area contributed by atoms with Gasteiger partial charge < -0.3 is 9.84 Å². The lowest BCUT2D eigenvalue weighted by Crippen LogP contribution is -2.41. The number of hydrogen-bond acceptors (Lipinski definition) is 5. The Labute approximate surface area is 166 Å². The van der Waals surface area contributed by atoms with E-state index in [0.717, 1.165) is 11.3 Å². The van der Waals surface area contributed by atoms with Gasteiger partial charge in [0.05, 0.1) is 0 Å². The first-order chi connectivity index (χ1) is 13.2. The summed E-state index contributed by atoms with van der Waals surface area (Å²) in [5.74, 6) is 0.408. The predicted molar refractivity (Wildman–Crippen MR) is 107 cm³/mol. The van der Waals surface area contributed by atoms with Gasteiger partial charge in [0.2, 0.25) is 15.9 Å². The zero-order valence-corrected chi connectivity index (χ0v) is 17.5. The summed E-state index contributed by atoms with van der Waals surface area (Å²) in [7, 11) is -3.66. The number of carbonyl (C=O) groups excluding carboxylic acids is 1. The molecule has 8 heteroatoms. The SMILES string of the molecule is Cc1noc(C)c1S(=O)(=O)N1CCC(C(=O)Nc2cccc(C(C)C)c2)CC1. The molecule has 1 aromatic carbocycles. The highest BCUT2D eigenvalue weighted by Gasteiger charge is 2.35. The summed E-state index contributed by atoms with van der Waals surface area (Å²) >= 11 is 0. The molecule has 28 heavy (non-hydrogen) atoms. The number of anilines is 1. The molecule has 1 fully saturated rings. The predicted octanol–water partition coefficient (Wildman–Crippen LogP) is 3.45. The summed E-state index contributed by atoms with van der Waals surface area (Å²) in [6.45, 7) is 8.03. The zero-order chi connectivity index (χ0) is 20.5. The van der Waals surface area contributed by atoms with Crippen LogP contribution in [0.1, 0.15) is 49.6 Å². The lowest BCUT2D eigenvalue weighted by molar-refractivity contribution is -0.120. The molecule has 0 atom stereocenters. The van der Waals surface area contributed by atoms with Crippen LogP contribution in [0.25, 0.3) is 0 Å².